The molecule has 0 spiro atoms. The molecule has 13 heteroatoms. The number of aliphatic imine (C=N–C) groups is 1. The maximum absolute atomic E-state index is 13.1. The molecule has 3 aromatic carbocycles. The van der Waals surface area contributed by atoms with Crippen molar-refractivity contribution in [2.24, 2.45) is 4.99 Å². The molecule has 2 heterocycles. The van der Waals surface area contributed by atoms with Gasteiger partial charge in [-0.2, -0.15) is 0 Å². The van der Waals surface area contributed by atoms with Crippen molar-refractivity contribution in [3.63, 3.8) is 0 Å². The summed E-state index contributed by atoms with van der Waals surface area (Å²) < 4.78 is 12.8. The number of benzene rings is 3. The molecule has 5 rings (SSSR count). The van der Waals surface area contributed by atoms with Crippen molar-refractivity contribution in [2.75, 3.05) is 26.8 Å². The zero-order valence-corrected chi connectivity index (χ0v) is 24.1. The van der Waals surface area contributed by atoms with Crippen molar-refractivity contribution in [2.45, 2.75) is 19.4 Å². The first kappa shape index (κ1) is 29.4. The van der Waals surface area contributed by atoms with E-state index in [0.29, 0.717) is 33.9 Å². The number of methoxy groups -OCH3 is 1. The van der Waals surface area contributed by atoms with E-state index in [1.54, 1.807) is 19.2 Å². The molecule has 1 aromatic heterocycles. The Hall–Kier alpha value is -5.10. The predicted octanol–water partition coefficient (Wildman–Crippen LogP) is 3.24. The minimum Gasteiger partial charge on any atom is -0.504 e. The van der Waals surface area contributed by atoms with E-state index in [9.17, 15) is 19.8 Å². The van der Waals surface area contributed by atoms with Crippen LogP contribution in [-0.2, 0) is 9.59 Å². The summed E-state index contributed by atoms with van der Waals surface area (Å²) in [6.45, 7) is 1.86. The number of aromatic nitrogens is 3. The molecule has 0 saturated carbocycles. The molecule has 0 unspecified atom stereocenters. The van der Waals surface area contributed by atoms with Crippen LogP contribution in [0.1, 0.15) is 35.2 Å². The maximum atomic E-state index is 13.1. The van der Waals surface area contributed by atoms with Crippen LogP contribution in [0.15, 0.2) is 65.7 Å². The van der Waals surface area contributed by atoms with E-state index in [-0.39, 0.29) is 37.6 Å². The number of phenolic OH excluding ortho intramolecular Hbond substituents is 2. The molecule has 12 nitrogen and oxygen atoms in total. The van der Waals surface area contributed by atoms with Crippen LogP contribution < -0.4 is 20.1 Å². The normalized spacial score (nSPS) is 13.7. The van der Waals surface area contributed by atoms with Gasteiger partial charge in [0.15, 0.2) is 17.3 Å². The summed E-state index contributed by atoms with van der Waals surface area (Å²) in [4.78, 5) is 30.4. The summed E-state index contributed by atoms with van der Waals surface area (Å²) in [7, 11) is 1.59. The summed E-state index contributed by atoms with van der Waals surface area (Å²) in [5.41, 5.74) is 3.00. The van der Waals surface area contributed by atoms with Crippen molar-refractivity contribution >= 4 is 29.1 Å². The van der Waals surface area contributed by atoms with Crippen molar-refractivity contribution in [3.05, 3.63) is 88.5 Å². The fourth-order valence-electron chi connectivity index (χ4n) is 4.62. The van der Waals surface area contributed by atoms with E-state index in [1.807, 2.05) is 41.8 Å². The second-order valence-corrected chi connectivity index (χ2v) is 10.1. The molecule has 1 aliphatic heterocycles. The maximum Gasteiger partial charge on any atom is 0.239 e. The lowest BCUT2D eigenvalue weighted by atomic mass is 10.00. The van der Waals surface area contributed by atoms with Crippen LogP contribution in [0.4, 0.5) is 0 Å². The molecular formula is C30H29ClN6O6. The summed E-state index contributed by atoms with van der Waals surface area (Å²) >= 11 is 6.15. The van der Waals surface area contributed by atoms with Gasteiger partial charge in [0.2, 0.25) is 11.8 Å². The molecule has 1 aliphatic rings. The number of rotatable bonds is 10. The number of halogens is 1. The smallest absolute Gasteiger partial charge is 0.239 e. The zero-order valence-electron chi connectivity index (χ0n) is 23.4. The SMILES string of the molecule is COc1ccc2c(c1)C(c1ccc(Cl)cc1)=N[C@@H](CC(=O)NCC(=O)NCCOc1ccc(O)c(O)c1)c1nnc(C)n1-2. The lowest BCUT2D eigenvalue weighted by Crippen LogP contribution is -2.38. The van der Waals surface area contributed by atoms with Crippen LogP contribution in [0.5, 0.6) is 23.0 Å². The van der Waals surface area contributed by atoms with Crippen LogP contribution in [0.3, 0.4) is 0 Å². The van der Waals surface area contributed by atoms with Crippen LogP contribution >= 0.6 is 11.6 Å². The molecule has 2 amide bonds. The fourth-order valence-corrected chi connectivity index (χ4v) is 4.74. The quantitative estimate of drug-likeness (QED) is 0.158. The molecule has 0 saturated heterocycles. The minimum absolute atomic E-state index is 0.0823. The van der Waals surface area contributed by atoms with Gasteiger partial charge in [-0.3, -0.25) is 19.1 Å². The summed E-state index contributed by atoms with van der Waals surface area (Å²) in [5.74, 6) is 0.728. The van der Waals surface area contributed by atoms with Gasteiger partial charge >= 0.3 is 0 Å². The molecule has 1 atom stereocenters. The van der Waals surface area contributed by atoms with E-state index in [2.05, 4.69) is 20.8 Å². The Kier molecular flexibility index (Phi) is 8.77. The van der Waals surface area contributed by atoms with Crippen molar-refractivity contribution < 1.29 is 29.3 Å². The van der Waals surface area contributed by atoms with Gasteiger partial charge in [-0.05, 0) is 49.4 Å². The number of fused-ring (bicyclic) bond motifs is 3. The predicted molar refractivity (Wildman–Crippen MR) is 158 cm³/mol. The van der Waals surface area contributed by atoms with Crippen molar-refractivity contribution in [1.29, 1.82) is 0 Å². The number of carbonyl (C=O) groups excluding carboxylic acids is 2. The van der Waals surface area contributed by atoms with Gasteiger partial charge in [0.25, 0.3) is 0 Å². The molecular weight excluding hydrogens is 576 g/mol. The molecule has 4 aromatic rings. The summed E-state index contributed by atoms with van der Waals surface area (Å²) in [5, 5.41) is 33.4. The van der Waals surface area contributed by atoms with Gasteiger partial charge in [-0.1, -0.05) is 23.7 Å². The van der Waals surface area contributed by atoms with Gasteiger partial charge < -0.3 is 30.3 Å². The fraction of sp³-hybridized carbons (Fsp3) is 0.233. The standard InChI is InChI=1S/C30H29ClN6O6/c1-17-35-36-30-23(15-27(40)33-16-28(41)32-11-12-43-21-8-10-25(38)26(39)14-21)34-29(18-3-5-19(31)6-4-18)22-13-20(42-2)7-9-24(22)37(17)30/h3-10,13-14,23,38-39H,11-12,15-16H2,1-2H3,(H,32,41)(H,33,40)/t23-/m0/s1. The van der Waals surface area contributed by atoms with Gasteiger partial charge in [0.05, 0.1) is 38.0 Å². The van der Waals surface area contributed by atoms with Crippen LogP contribution in [0, 0.1) is 6.92 Å². The third kappa shape index (κ3) is 6.70. The van der Waals surface area contributed by atoms with Gasteiger partial charge in [0.1, 0.15) is 30.0 Å². The second kappa shape index (κ2) is 12.8. The first-order valence-corrected chi connectivity index (χ1v) is 13.7. The number of ether oxygens (including phenoxy) is 2. The number of amides is 2. The molecule has 4 N–H and O–H groups in total. The lowest BCUT2D eigenvalue weighted by Gasteiger charge is -2.14. The van der Waals surface area contributed by atoms with E-state index in [4.69, 9.17) is 26.1 Å². The Morgan fingerprint density at radius 3 is 2.47 bits per heavy atom. The number of nitrogens with zero attached hydrogens (tertiary/aromatic N) is 4. The van der Waals surface area contributed by atoms with Crippen LogP contribution in [0.2, 0.25) is 5.02 Å². The molecule has 0 fully saturated rings. The summed E-state index contributed by atoms with van der Waals surface area (Å²) in [6.07, 6.45) is -0.0823. The topological polar surface area (TPSA) is 160 Å². The van der Waals surface area contributed by atoms with Crippen LogP contribution in [-0.4, -0.2) is 69.3 Å². The first-order valence-electron chi connectivity index (χ1n) is 13.4. The van der Waals surface area contributed by atoms with Crippen LogP contribution in [0.25, 0.3) is 5.69 Å². The van der Waals surface area contributed by atoms with Gasteiger partial charge in [0, 0.05) is 22.2 Å². The molecule has 0 radical (unpaired) electrons. The number of aromatic hydroxyl groups is 2. The monoisotopic (exact) mass is 604 g/mol. The minimum atomic E-state index is -0.705. The first-order chi connectivity index (χ1) is 20.7. The summed E-state index contributed by atoms with van der Waals surface area (Å²) in [6, 6.07) is 16.2. The lowest BCUT2D eigenvalue weighted by molar-refractivity contribution is -0.126. The Bertz CT molecular complexity index is 1690. The van der Waals surface area contributed by atoms with Gasteiger partial charge in [-0.25, -0.2) is 0 Å². The Labute approximate surface area is 252 Å². The zero-order chi connectivity index (χ0) is 30.5. The van der Waals surface area contributed by atoms with Crippen molar-refractivity contribution in [3.8, 4) is 28.7 Å². The Morgan fingerprint density at radius 2 is 1.72 bits per heavy atom. The average Bonchev–Trinajstić information content (AvgIpc) is 3.33. The highest BCUT2D eigenvalue weighted by molar-refractivity contribution is 6.30. The molecule has 43 heavy (non-hydrogen) atoms. The van der Waals surface area contributed by atoms with E-state index < -0.39 is 17.9 Å². The highest BCUT2D eigenvalue weighted by atomic mass is 35.5. The number of aryl methyl sites for hydroxylation is 1. The number of carbonyl (C=O) groups is 2. The molecule has 0 aliphatic carbocycles. The number of phenols is 2. The van der Waals surface area contributed by atoms with Crippen molar-refractivity contribution in [1.82, 2.24) is 25.4 Å². The Balaban J connectivity index is 1.28. The highest BCUT2D eigenvalue weighted by Gasteiger charge is 2.30. The highest BCUT2D eigenvalue weighted by Crippen LogP contribution is 2.34. The number of hydrogen-bond acceptors (Lipinski definition) is 9. The number of nitrogens with one attached hydrogen (secondary N) is 2. The third-order valence-corrected chi connectivity index (χ3v) is 6.97. The second-order valence-electron chi connectivity index (χ2n) is 9.65. The largest absolute Gasteiger partial charge is 0.504 e. The van der Waals surface area contributed by atoms with E-state index in [0.717, 1.165) is 16.8 Å². The van der Waals surface area contributed by atoms with E-state index >= 15 is 0 Å². The average molecular weight is 605 g/mol. The molecule has 0 bridgehead atoms. The third-order valence-electron chi connectivity index (χ3n) is 6.71. The Morgan fingerprint density at radius 1 is 0.953 bits per heavy atom. The molecule has 222 valence electrons. The van der Waals surface area contributed by atoms with Gasteiger partial charge in [-0.15, -0.1) is 10.2 Å². The number of hydrogen-bond donors (Lipinski definition) is 4. The van der Waals surface area contributed by atoms with E-state index in [1.165, 1.54) is 18.2 Å².